The molecule has 0 unspecified atom stereocenters. The average Bonchev–Trinajstić information content (AvgIpc) is 2.57. The summed E-state index contributed by atoms with van der Waals surface area (Å²) in [5.74, 6) is 0.277. The number of likely N-dealkylation sites (N-methyl/N-ethyl adjacent to an activating group) is 1. The lowest BCUT2D eigenvalue weighted by atomic mass is 9.93. The van der Waals surface area contributed by atoms with E-state index < -0.39 is 0 Å². The predicted octanol–water partition coefficient (Wildman–Crippen LogP) is 2.73. The maximum Gasteiger partial charge on any atom is 0.227 e. The van der Waals surface area contributed by atoms with E-state index in [-0.39, 0.29) is 11.8 Å². The molecule has 1 aliphatic heterocycles. The van der Waals surface area contributed by atoms with Crippen molar-refractivity contribution in [2.45, 2.75) is 19.3 Å². The number of nitrogens with zero attached hydrogens (tertiary/aromatic N) is 2. The molecule has 1 amide bonds. The highest BCUT2D eigenvalue weighted by atomic mass is 16.1. The molecule has 1 fully saturated rings. The standard InChI is InChI=1S/C18H25N3O/c1-20-11-13-21(14-12-20)17-9-7-16(8-10-17)19-18(22)15-5-3-2-4-6-15/h2-3,7-10,15H,4-6,11-14H2,1H3,(H,19,22)/t15-/m1/s1. The largest absolute Gasteiger partial charge is 0.369 e. The van der Waals surface area contributed by atoms with Gasteiger partial charge in [-0.25, -0.2) is 0 Å². The van der Waals surface area contributed by atoms with Crippen molar-refractivity contribution in [1.29, 1.82) is 0 Å². The molecule has 1 saturated heterocycles. The van der Waals surface area contributed by atoms with Gasteiger partial charge in [0, 0.05) is 43.5 Å². The van der Waals surface area contributed by atoms with Crippen molar-refractivity contribution in [2.75, 3.05) is 43.4 Å². The van der Waals surface area contributed by atoms with E-state index in [1.807, 2.05) is 12.1 Å². The minimum Gasteiger partial charge on any atom is -0.369 e. The highest BCUT2D eigenvalue weighted by molar-refractivity contribution is 5.92. The van der Waals surface area contributed by atoms with Crippen molar-refractivity contribution in [3.63, 3.8) is 0 Å². The number of carbonyl (C=O) groups excluding carboxylic acids is 1. The van der Waals surface area contributed by atoms with Crippen LogP contribution in [-0.2, 0) is 4.79 Å². The van der Waals surface area contributed by atoms with Gasteiger partial charge < -0.3 is 15.1 Å². The Morgan fingerprint density at radius 3 is 2.45 bits per heavy atom. The molecule has 1 atom stereocenters. The molecule has 4 nitrogen and oxygen atoms in total. The Kier molecular flexibility index (Phi) is 4.78. The Labute approximate surface area is 132 Å². The number of carbonyl (C=O) groups is 1. The lowest BCUT2D eigenvalue weighted by Crippen LogP contribution is -2.44. The Hall–Kier alpha value is -1.81. The molecule has 2 aliphatic rings. The summed E-state index contributed by atoms with van der Waals surface area (Å²) in [7, 11) is 2.16. The Bertz CT molecular complexity index is 530. The first-order chi connectivity index (χ1) is 10.7. The highest BCUT2D eigenvalue weighted by Gasteiger charge is 2.19. The molecule has 1 heterocycles. The number of nitrogens with one attached hydrogen (secondary N) is 1. The third kappa shape index (κ3) is 3.69. The van der Waals surface area contributed by atoms with Gasteiger partial charge >= 0.3 is 0 Å². The Morgan fingerprint density at radius 1 is 1.09 bits per heavy atom. The van der Waals surface area contributed by atoms with E-state index in [1.165, 1.54) is 5.69 Å². The molecule has 0 radical (unpaired) electrons. The fourth-order valence-corrected chi connectivity index (χ4v) is 3.10. The van der Waals surface area contributed by atoms with E-state index in [0.29, 0.717) is 0 Å². The Balaban J connectivity index is 1.57. The van der Waals surface area contributed by atoms with Crippen molar-refractivity contribution in [1.82, 2.24) is 4.90 Å². The lowest BCUT2D eigenvalue weighted by Gasteiger charge is -2.34. The molecular weight excluding hydrogens is 274 g/mol. The predicted molar refractivity (Wildman–Crippen MR) is 91.3 cm³/mol. The number of benzene rings is 1. The molecule has 0 spiro atoms. The summed E-state index contributed by atoms with van der Waals surface area (Å²) in [5.41, 5.74) is 2.14. The lowest BCUT2D eigenvalue weighted by molar-refractivity contribution is -0.120. The maximum absolute atomic E-state index is 12.2. The minimum absolute atomic E-state index is 0.127. The number of hydrogen-bond donors (Lipinski definition) is 1. The summed E-state index contributed by atoms with van der Waals surface area (Å²) in [4.78, 5) is 17.0. The van der Waals surface area contributed by atoms with Crippen LogP contribution < -0.4 is 10.2 Å². The maximum atomic E-state index is 12.2. The van der Waals surface area contributed by atoms with Crippen LogP contribution in [0.1, 0.15) is 19.3 Å². The van der Waals surface area contributed by atoms with Crippen LogP contribution in [0.4, 0.5) is 11.4 Å². The summed E-state index contributed by atoms with van der Waals surface area (Å²) in [5, 5.41) is 3.05. The van der Waals surface area contributed by atoms with E-state index in [1.54, 1.807) is 0 Å². The second kappa shape index (κ2) is 6.97. The van der Waals surface area contributed by atoms with Gasteiger partial charge in [0.1, 0.15) is 0 Å². The van der Waals surface area contributed by atoms with Gasteiger partial charge in [-0.1, -0.05) is 12.2 Å². The normalized spacial score (nSPS) is 22.6. The number of anilines is 2. The fraction of sp³-hybridized carbons (Fsp3) is 0.500. The SMILES string of the molecule is CN1CCN(c2ccc(NC(=O)[C@@H]3CC=CCC3)cc2)CC1. The van der Waals surface area contributed by atoms with E-state index in [0.717, 1.165) is 51.1 Å². The summed E-state index contributed by atoms with van der Waals surface area (Å²) in [6.45, 7) is 4.34. The van der Waals surface area contributed by atoms with E-state index in [2.05, 4.69) is 46.4 Å². The summed E-state index contributed by atoms with van der Waals surface area (Å²) in [6.07, 6.45) is 7.12. The van der Waals surface area contributed by atoms with Gasteiger partial charge in [-0.15, -0.1) is 0 Å². The molecule has 4 heteroatoms. The van der Waals surface area contributed by atoms with Gasteiger partial charge in [-0.2, -0.15) is 0 Å². The molecule has 1 aromatic rings. The van der Waals surface area contributed by atoms with Gasteiger partial charge in [-0.05, 0) is 50.6 Å². The number of rotatable bonds is 3. The van der Waals surface area contributed by atoms with Crippen LogP contribution in [-0.4, -0.2) is 44.0 Å². The van der Waals surface area contributed by atoms with Gasteiger partial charge in [0.15, 0.2) is 0 Å². The van der Waals surface area contributed by atoms with Crippen LogP contribution in [0, 0.1) is 5.92 Å². The van der Waals surface area contributed by atoms with Crippen LogP contribution in [0.5, 0.6) is 0 Å². The minimum atomic E-state index is 0.127. The molecular formula is C18H25N3O. The molecule has 3 rings (SSSR count). The zero-order valence-corrected chi connectivity index (χ0v) is 13.3. The Morgan fingerprint density at radius 2 is 1.82 bits per heavy atom. The van der Waals surface area contributed by atoms with Crippen molar-refractivity contribution >= 4 is 17.3 Å². The molecule has 0 bridgehead atoms. The van der Waals surface area contributed by atoms with Crippen LogP contribution in [0.15, 0.2) is 36.4 Å². The summed E-state index contributed by atoms with van der Waals surface area (Å²) >= 11 is 0. The number of piperazine rings is 1. The molecule has 0 aromatic heterocycles. The van der Waals surface area contributed by atoms with E-state index in [9.17, 15) is 4.79 Å². The van der Waals surface area contributed by atoms with Gasteiger partial charge in [-0.3, -0.25) is 4.79 Å². The fourth-order valence-electron chi connectivity index (χ4n) is 3.10. The molecule has 1 aromatic carbocycles. The number of amides is 1. The number of hydrogen-bond acceptors (Lipinski definition) is 3. The third-order valence-electron chi connectivity index (χ3n) is 4.64. The molecule has 118 valence electrons. The first kappa shape index (κ1) is 15.1. The van der Waals surface area contributed by atoms with Crippen molar-refractivity contribution in [3.05, 3.63) is 36.4 Å². The van der Waals surface area contributed by atoms with Gasteiger partial charge in [0.25, 0.3) is 0 Å². The highest BCUT2D eigenvalue weighted by Crippen LogP contribution is 2.22. The van der Waals surface area contributed by atoms with E-state index >= 15 is 0 Å². The van der Waals surface area contributed by atoms with Crippen LogP contribution in [0.3, 0.4) is 0 Å². The van der Waals surface area contributed by atoms with Crippen molar-refractivity contribution < 1.29 is 4.79 Å². The second-order valence-corrected chi connectivity index (χ2v) is 6.31. The van der Waals surface area contributed by atoms with Crippen LogP contribution >= 0.6 is 0 Å². The molecule has 1 aliphatic carbocycles. The topological polar surface area (TPSA) is 35.6 Å². The summed E-state index contributed by atoms with van der Waals surface area (Å²) < 4.78 is 0. The van der Waals surface area contributed by atoms with Gasteiger partial charge in [0.2, 0.25) is 5.91 Å². The van der Waals surface area contributed by atoms with Crippen molar-refractivity contribution in [3.8, 4) is 0 Å². The first-order valence-electron chi connectivity index (χ1n) is 8.22. The molecule has 22 heavy (non-hydrogen) atoms. The van der Waals surface area contributed by atoms with Gasteiger partial charge in [0.05, 0.1) is 0 Å². The third-order valence-corrected chi connectivity index (χ3v) is 4.64. The zero-order valence-electron chi connectivity index (χ0n) is 13.3. The zero-order chi connectivity index (χ0) is 15.4. The number of allylic oxidation sites excluding steroid dienone is 2. The summed E-state index contributed by atoms with van der Waals surface area (Å²) in [6, 6.07) is 8.26. The van der Waals surface area contributed by atoms with Crippen LogP contribution in [0.2, 0.25) is 0 Å². The van der Waals surface area contributed by atoms with Crippen molar-refractivity contribution in [2.24, 2.45) is 5.92 Å². The van der Waals surface area contributed by atoms with E-state index in [4.69, 9.17) is 0 Å². The molecule has 0 saturated carbocycles. The van der Waals surface area contributed by atoms with Crippen LogP contribution in [0.25, 0.3) is 0 Å². The smallest absolute Gasteiger partial charge is 0.227 e. The average molecular weight is 299 g/mol. The second-order valence-electron chi connectivity index (χ2n) is 6.31. The molecule has 1 N–H and O–H groups in total. The quantitative estimate of drug-likeness (QED) is 0.872. The monoisotopic (exact) mass is 299 g/mol. The first-order valence-corrected chi connectivity index (χ1v) is 8.22.